The van der Waals surface area contributed by atoms with Crippen molar-refractivity contribution in [1.82, 2.24) is 9.97 Å². The third kappa shape index (κ3) is 2.50. The highest BCUT2D eigenvalue weighted by Gasteiger charge is 2.06. The van der Waals surface area contributed by atoms with E-state index in [-0.39, 0.29) is 11.6 Å². The van der Waals surface area contributed by atoms with Crippen molar-refractivity contribution in [3.63, 3.8) is 0 Å². The Labute approximate surface area is 98.5 Å². The summed E-state index contributed by atoms with van der Waals surface area (Å²) in [5.74, 6) is -0.445. The van der Waals surface area contributed by atoms with Gasteiger partial charge in [-0.2, -0.15) is 0 Å². The van der Waals surface area contributed by atoms with E-state index in [2.05, 4.69) is 15.3 Å². The number of anilines is 1. The van der Waals surface area contributed by atoms with Crippen molar-refractivity contribution in [3.05, 3.63) is 30.0 Å². The van der Waals surface area contributed by atoms with Gasteiger partial charge < -0.3 is 10.4 Å². The number of carboxylic acids is 1. The molecule has 0 aliphatic carbocycles. The van der Waals surface area contributed by atoms with Gasteiger partial charge in [0.15, 0.2) is 0 Å². The van der Waals surface area contributed by atoms with Crippen molar-refractivity contribution in [2.24, 2.45) is 0 Å². The fraction of sp³-hybridized carbons (Fsp3) is 0.250. The lowest BCUT2D eigenvalue weighted by molar-refractivity contribution is 0.0697. The average Bonchev–Trinajstić information content (AvgIpc) is 2.27. The van der Waals surface area contributed by atoms with Crippen LogP contribution in [0.4, 0.5) is 5.95 Å². The number of aromatic carboxylic acids is 1. The monoisotopic (exact) mass is 231 g/mol. The Morgan fingerprint density at radius 3 is 2.82 bits per heavy atom. The summed E-state index contributed by atoms with van der Waals surface area (Å²) in [4.78, 5) is 19.3. The molecule has 1 aromatic heterocycles. The molecule has 0 saturated carbocycles. The molecule has 0 radical (unpaired) electrons. The fourth-order valence-electron chi connectivity index (χ4n) is 1.48. The lowest BCUT2D eigenvalue weighted by atomic mass is 10.1. The predicted molar refractivity (Wildman–Crippen MR) is 65.3 cm³/mol. The fourth-order valence-corrected chi connectivity index (χ4v) is 1.48. The Bertz CT molecular complexity index is 567. The first-order valence-corrected chi connectivity index (χ1v) is 5.33. The highest BCUT2D eigenvalue weighted by molar-refractivity contribution is 5.93. The molecule has 0 amide bonds. The Hall–Kier alpha value is -2.17. The molecule has 5 nitrogen and oxygen atoms in total. The van der Waals surface area contributed by atoms with E-state index in [0.717, 1.165) is 5.39 Å². The maximum Gasteiger partial charge on any atom is 0.335 e. The molecule has 2 aromatic rings. The molecule has 88 valence electrons. The molecule has 1 aromatic carbocycles. The molecule has 0 aliphatic heterocycles. The van der Waals surface area contributed by atoms with Gasteiger partial charge in [-0.05, 0) is 26.0 Å². The van der Waals surface area contributed by atoms with Crippen molar-refractivity contribution in [1.29, 1.82) is 0 Å². The molecule has 2 rings (SSSR count). The van der Waals surface area contributed by atoms with E-state index in [1.54, 1.807) is 24.4 Å². The molecule has 0 unspecified atom stereocenters. The van der Waals surface area contributed by atoms with Crippen molar-refractivity contribution in [3.8, 4) is 0 Å². The van der Waals surface area contributed by atoms with Crippen LogP contribution in [-0.4, -0.2) is 27.1 Å². The molecule has 0 spiro atoms. The zero-order valence-corrected chi connectivity index (χ0v) is 9.64. The van der Waals surface area contributed by atoms with Gasteiger partial charge in [-0.25, -0.2) is 14.8 Å². The topological polar surface area (TPSA) is 75.1 Å². The van der Waals surface area contributed by atoms with Gasteiger partial charge in [0, 0.05) is 17.6 Å². The van der Waals surface area contributed by atoms with E-state index in [9.17, 15) is 4.79 Å². The second-order valence-corrected chi connectivity index (χ2v) is 4.07. The summed E-state index contributed by atoms with van der Waals surface area (Å²) >= 11 is 0. The Morgan fingerprint density at radius 2 is 2.18 bits per heavy atom. The van der Waals surface area contributed by atoms with Gasteiger partial charge in [0.1, 0.15) is 0 Å². The number of benzene rings is 1. The van der Waals surface area contributed by atoms with E-state index < -0.39 is 5.97 Å². The predicted octanol–water partition coefficient (Wildman–Crippen LogP) is 2.15. The van der Waals surface area contributed by atoms with E-state index in [1.807, 2.05) is 13.8 Å². The van der Waals surface area contributed by atoms with E-state index >= 15 is 0 Å². The maximum absolute atomic E-state index is 10.8. The highest BCUT2D eigenvalue weighted by atomic mass is 16.4. The Balaban J connectivity index is 2.47. The van der Waals surface area contributed by atoms with Gasteiger partial charge in [0.25, 0.3) is 0 Å². The van der Waals surface area contributed by atoms with Crippen LogP contribution in [0, 0.1) is 0 Å². The largest absolute Gasteiger partial charge is 0.478 e. The zero-order chi connectivity index (χ0) is 12.4. The van der Waals surface area contributed by atoms with Crippen molar-refractivity contribution in [2.45, 2.75) is 19.9 Å². The van der Waals surface area contributed by atoms with Gasteiger partial charge in [-0.1, -0.05) is 6.07 Å². The first-order valence-electron chi connectivity index (χ1n) is 5.33. The number of carboxylic acid groups (broad SMARTS) is 1. The second-order valence-electron chi connectivity index (χ2n) is 4.07. The number of hydrogen-bond donors (Lipinski definition) is 2. The molecule has 17 heavy (non-hydrogen) atoms. The van der Waals surface area contributed by atoms with Crippen LogP contribution in [0.1, 0.15) is 24.2 Å². The first kappa shape index (κ1) is 11.3. The van der Waals surface area contributed by atoms with Gasteiger partial charge in [-0.3, -0.25) is 0 Å². The van der Waals surface area contributed by atoms with Crippen LogP contribution in [0.15, 0.2) is 24.4 Å². The first-order chi connectivity index (χ1) is 8.06. The van der Waals surface area contributed by atoms with Crippen molar-refractivity contribution in [2.75, 3.05) is 5.32 Å². The van der Waals surface area contributed by atoms with E-state index in [1.165, 1.54) is 0 Å². The van der Waals surface area contributed by atoms with Crippen LogP contribution in [0.25, 0.3) is 10.9 Å². The summed E-state index contributed by atoms with van der Waals surface area (Å²) in [6.45, 7) is 3.97. The summed E-state index contributed by atoms with van der Waals surface area (Å²) in [7, 11) is 0. The maximum atomic E-state index is 10.8. The molecule has 0 aliphatic rings. The standard InChI is InChI=1S/C12H13N3O2/c1-7(2)14-12-13-6-9-4-3-8(11(16)17)5-10(9)15-12/h3-7H,1-2H3,(H,16,17)(H,13,14,15). The number of aromatic nitrogens is 2. The number of rotatable bonds is 3. The SMILES string of the molecule is CC(C)Nc1ncc2ccc(C(=O)O)cc2n1. The van der Waals surface area contributed by atoms with Gasteiger partial charge in [0.05, 0.1) is 11.1 Å². The van der Waals surface area contributed by atoms with Crippen LogP contribution in [0.2, 0.25) is 0 Å². The van der Waals surface area contributed by atoms with Gasteiger partial charge >= 0.3 is 5.97 Å². The molecule has 5 heteroatoms. The molecule has 0 fully saturated rings. The summed E-state index contributed by atoms with van der Waals surface area (Å²) in [5.41, 5.74) is 0.856. The molecule has 1 heterocycles. The number of nitrogens with one attached hydrogen (secondary N) is 1. The minimum Gasteiger partial charge on any atom is -0.478 e. The Morgan fingerprint density at radius 1 is 1.41 bits per heavy atom. The smallest absolute Gasteiger partial charge is 0.335 e. The quantitative estimate of drug-likeness (QED) is 0.846. The second kappa shape index (κ2) is 4.37. The normalized spacial score (nSPS) is 10.8. The van der Waals surface area contributed by atoms with Crippen molar-refractivity contribution < 1.29 is 9.90 Å². The Kier molecular flexibility index (Phi) is 2.91. The summed E-state index contributed by atoms with van der Waals surface area (Å²) in [6.07, 6.45) is 1.68. The van der Waals surface area contributed by atoms with Crippen LogP contribution in [-0.2, 0) is 0 Å². The molecule has 0 atom stereocenters. The van der Waals surface area contributed by atoms with Crippen molar-refractivity contribution >= 4 is 22.8 Å². The number of carbonyl (C=O) groups is 1. The zero-order valence-electron chi connectivity index (χ0n) is 9.64. The number of hydrogen-bond acceptors (Lipinski definition) is 4. The summed E-state index contributed by atoms with van der Waals surface area (Å²) in [5, 5.41) is 12.8. The third-order valence-electron chi connectivity index (χ3n) is 2.25. The summed E-state index contributed by atoms with van der Waals surface area (Å²) < 4.78 is 0. The minimum atomic E-state index is -0.955. The molecule has 0 saturated heterocycles. The highest BCUT2D eigenvalue weighted by Crippen LogP contribution is 2.15. The van der Waals surface area contributed by atoms with Crippen LogP contribution < -0.4 is 5.32 Å². The molecule has 2 N–H and O–H groups in total. The molecular formula is C12H13N3O2. The number of nitrogens with zero attached hydrogens (tertiary/aromatic N) is 2. The van der Waals surface area contributed by atoms with E-state index in [4.69, 9.17) is 5.11 Å². The van der Waals surface area contributed by atoms with E-state index in [0.29, 0.717) is 11.5 Å². The number of fused-ring (bicyclic) bond motifs is 1. The average molecular weight is 231 g/mol. The van der Waals surface area contributed by atoms with Crippen LogP contribution in [0.5, 0.6) is 0 Å². The summed E-state index contributed by atoms with van der Waals surface area (Å²) in [6, 6.07) is 5.03. The lowest BCUT2D eigenvalue weighted by Crippen LogP contribution is -2.12. The lowest BCUT2D eigenvalue weighted by Gasteiger charge is -2.08. The van der Waals surface area contributed by atoms with Gasteiger partial charge in [-0.15, -0.1) is 0 Å². The van der Waals surface area contributed by atoms with Gasteiger partial charge in [0.2, 0.25) is 5.95 Å². The van der Waals surface area contributed by atoms with Crippen LogP contribution >= 0.6 is 0 Å². The minimum absolute atomic E-state index is 0.228. The van der Waals surface area contributed by atoms with Crippen LogP contribution in [0.3, 0.4) is 0 Å². The molecule has 0 bridgehead atoms. The molecular weight excluding hydrogens is 218 g/mol. The third-order valence-corrected chi connectivity index (χ3v) is 2.25.